The van der Waals surface area contributed by atoms with Crippen LogP contribution in [0.3, 0.4) is 0 Å². The van der Waals surface area contributed by atoms with Gasteiger partial charge in [-0.15, -0.1) is 0 Å². The number of hydrogen-bond acceptors (Lipinski definition) is 3. The lowest BCUT2D eigenvalue weighted by Gasteiger charge is -2.11. The molecule has 0 bridgehead atoms. The van der Waals surface area contributed by atoms with Gasteiger partial charge in [-0.25, -0.2) is 0 Å². The Morgan fingerprint density at radius 1 is 1.18 bits per heavy atom. The molecule has 1 rings (SSSR count). The topological polar surface area (TPSA) is 35.5 Å². The fraction of sp³-hybridized carbons (Fsp3) is 0.364. The molecule has 0 aromatic heterocycles. The Hall–Kier alpha value is -1.72. The molecular weight excluding hydrogens is 237 g/mol. The third-order valence-corrected chi connectivity index (χ3v) is 1.75. The Bertz CT molecular complexity index is 388. The summed E-state index contributed by atoms with van der Waals surface area (Å²) >= 11 is 0. The first-order valence-corrected chi connectivity index (χ1v) is 4.87. The molecule has 0 atom stereocenters. The maximum Gasteiger partial charge on any atom is 0.422 e. The first-order chi connectivity index (χ1) is 7.94. The first kappa shape index (κ1) is 13.3. The Morgan fingerprint density at radius 2 is 1.76 bits per heavy atom. The normalized spacial score (nSPS) is 11.1. The Kier molecular flexibility index (Phi) is 4.37. The Morgan fingerprint density at radius 3 is 2.24 bits per heavy atom. The number of alkyl halides is 3. The summed E-state index contributed by atoms with van der Waals surface area (Å²) in [5.74, 6) is 0.254. The van der Waals surface area contributed by atoms with E-state index in [4.69, 9.17) is 4.74 Å². The van der Waals surface area contributed by atoms with Gasteiger partial charge < -0.3 is 9.47 Å². The third-order valence-electron chi connectivity index (χ3n) is 1.75. The van der Waals surface area contributed by atoms with E-state index in [1.54, 1.807) is 6.92 Å². The van der Waals surface area contributed by atoms with Crippen molar-refractivity contribution < 1.29 is 27.4 Å². The van der Waals surface area contributed by atoms with Crippen molar-refractivity contribution in [3.05, 3.63) is 23.8 Å². The van der Waals surface area contributed by atoms with Crippen LogP contribution in [0.4, 0.5) is 13.2 Å². The highest BCUT2D eigenvalue weighted by Crippen LogP contribution is 2.24. The van der Waals surface area contributed by atoms with E-state index >= 15 is 0 Å². The summed E-state index contributed by atoms with van der Waals surface area (Å²) in [5.41, 5.74) is 0.202. The summed E-state index contributed by atoms with van der Waals surface area (Å²) in [7, 11) is 0. The van der Waals surface area contributed by atoms with Crippen molar-refractivity contribution in [3.8, 4) is 11.5 Å². The second-order valence-corrected chi connectivity index (χ2v) is 3.19. The van der Waals surface area contributed by atoms with Crippen LogP contribution in [-0.4, -0.2) is 25.7 Å². The van der Waals surface area contributed by atoms with Crippen molar-refractivity contribution in [1.82, 2.24) is 0 Å². The van der Waals surface area contributed by atoms with E-state index < -0.39 is 12.8 Å². The molecule has 17 heavy (non-hydrogen) atoms. The molecule has 1 aromatic carbocycles. The van der Waals surface area contributed by atoms with Crippen molar-refractivity contribution in [2.24, 2.45) is 0 Å². The van der Waals surface area contributed by atoms with Crippen molar-refractivity contribution in [1.29, 1.82) is 0 Å². The molecule has 6 heteroatoms. The van der Waals surface area contributed by atoms with Crippen LogP contribution in [0.2, 0.25) is 0 Å². The molecule has 1 aromatic rings. The Balaban J connectivity index is 2.83. The van der Waals surface area contributed by atoms with Gasteiger partial charge in [0.25, 0.3) is 0 Å². The summed E-state index contributed by atoms with van der Waals surface area (Å²) in [4.78, 5) is 10.6. The summed E-state index contributed by atoms with van der Waals surface area (Å²) in [5, 5.41) is 0. The zero-order valence-electron chi connectivity index (χ0n) is 9.08. The zero-order chi connectivity index (χ0) is 12.9. The van der Waals surface area contributed by atoms with Crippen LogP contribution in [0, 0.1) is 0 Å². The monoisotopic (exact) mass is 248 g/mol. The first-order valence-electron chi connectivity index (χ1n) is 4.87. The highest BCUT2D eigenvalue weighted by molar-refractivity contribution is 5.76. The van der Waals surface area contributed by atoms with Gasteiger partial charge in [0.05, 0.1) is 6.61 Å². The quantitative estimate of drug-likeness (QED) is 0.751. The van der Waals surface area contributed by atoms with Crippen molar-refractivity contribution >= 4 is 6.29 Å². The number of halogens is 3. The minimum atomic E-state index is -4.41. The predicted octanol–water partition coefficient (Wildman–Crippen LogP) is 2.84. The maximum atomic E-state index is 11.9. The molecule has 3 nitrogen and oxygen atoms in total. The highest BCUT2D eigenvalue weighted by Gasteiger charge is 2.28. The number of ether oxygens (including phenoxy) is 2. The van der Waals surface area contributed by atoms with Crippen LogP contribution in [0.1, 0.15) is 17.3 Å². The minimum absolute atomic E-state index is 0.0459. The summed E-state index contributed by atoms with van der Waals surface area (Å²) in [6, 6.07) is 3.96. The summed E-state index contributed by atoms with van der Waals surface area (Å²) < 4.78 is 45.5. The van der Waals surface area contributed by atoms with Gasteiger partial charge >= 0.3 is 6.18 Å². The van der Waals surface area contributed by atoms with E-state index in [0.717, 1.165) is 0 Å². The number of carbonyl (C=O) groups is 1. The number of hydrogen-bond donors (Lipinski definition) is 0. The molecule has 0 fully saturated rings. The fourth-order valence-electron chi connectivity index (χ4n) is 1.16. The average molecular weight is 248 g/mol. The van der Waals surface area contributed by atoms with Crippen LogP contribution in [0.25, 0.3) is 0 Å². The van der Waals surface area contributed by atoms with E-state index in [9.17, 15) is 18.0 Å². The van der Waals surface area contributed by atoms with Crippen LogP contribution in [-0.2, 0) is 0 Å². The van der Waals surface area contributed by atoms with Gasteiger partial charge in [-0.1, -0.05) is 0 Å². The van der Waals surface area contributed by atoms with Crippen molar-refractivity contribution in [3.63, 3.8) is 0 Å². The van der Waals surface area contributed by atoms with Gasteiger partial charge in [0.2, 0.25) is 0 Å². The lowest BCUT2D eigenvalue weighted by atomic mass is 10.2. The van der Waals surface area contributed by atoms with Gasteiger partial charge in [0.1, 0.15) is 17.8 Å². The van der Waals surface area contributed by atoms with Crippen molar-refractivity contribution in [2.75, 3.05) is 13.2 Å². The largest absolute Gasteiger partial charge is 0.494 e. The van der Waals surface area contributed by atoms with Gasteiger partial charge in [0.15, 0.2) is 6.61 Å². The molecule has 94 valence electrons. The lowest BCUT2D eigenvalue weighted by Crippen LogP contribution is -2.19. The van der Waals surface area contributed by atoms with E-state index in [2.05, 4.69) is 4.74 Å². The molecular formula is C11H11F3O3. The second-order valence-electron chi connectivity index (χ2n) is 3.19. The number of benzene rings is 1. The SMILES string of the molecule is CCOc1cc(C=O)cc(OCC(F)(F)F)c1. The maximum absolute atomic E-state index is 11.9. The standard InChI is InChI=1S/C11H11F3O3/c1-2-16-9-3-8(6-15)4-10(5-9)17-7-11(12,13)14/h3-6H,2,7H2,1H3. The van der Waals surface area contributed by atoms with Crippen LogP contribution >= 0.6 is 0 Å². The number of aldehydes is 1. The van der Waals surface area contributed by atoms with Gasteiger partial charge in [0, 0.05) is 11.6 Å². The van der Waals surface area contributed by atoms with Crippen molar-refractivity contribution in [2.45, 2.75) is 13.1 Å². The average Bonchev–Trinajstić information content (AvgIpc) is 2.25. The second kappa shape index (κ2) is 5.56. The number of rotatable bonds is 5. The third kappa shape index (κ3) is 4.76. The summed E-state index contributed by atoms with van der Waals surface area (Å²) in [6.45, 7) is 0.672. The Labute approximate surface area is 96.1 Å². The van der Waals surface area contributed by atoms with Crippen LogP contribution < -0.4 is 9.47 Å². The smallest absolute Gasteiger partial charge is 0.422 e. The van der Waals surface area contributed by atoms with Gasteiger partial charge in [-0.2, -0.15) is 13.2 Å². The van der Waals surface area contributed by atoms with Gasteiger partial charge in [-0.3, -0.25) is 4.79 Å². The van der Waals surface area contributed by atoms with E-state index in [1.807, 2.05) is 0 Å². The molecule has 0 aliphatic heterocycles. The molecule has 0 spiro atoms. The van der Waals surface area contributed by atoms with Crippen LogP contribution in [0.5, 0.6) is 11.5 Å². The molecule has 0 saturated carbocycles. The molecule has 0 aliphatic rings. The molecule has 0 aliphatic carbocycles. The van der Waals surface area contributed by atoms with E-state index in [-0.39, 0.29) is 11.3 Å². The fourth-order valence-corrected chi connectivity index (χ4v) is 1.16. The zero-order valence-corrected chi connectivity index (χ0v) is 9.08. The predicted molar refractivity (Wildman–Crippen MR) is 54.5 cm³/mol. The number of carbonyl (C=O) groups excluding carboxylic acids is 1. The molecule has 0 unspecified atom stereocenters. The summed E-state index contributed by atoms with van der Waals surface area (Å²) in [6.07, 6.45) is -3.90. The van der Waals surface area contributed by atoms with Crippen LogP contribution in [0.15, 0.2) is 18.2 Å². The lowest BCUT2D eigenvalue weighted by molar-refractivity contribution is -0.153. The highest BCUT2D eigenvalue weighted by atomic mass is 19.4. The van der Waals surface area contributed by atoms with E-state index in [0.29, 0.717) is 18.6 Å². The molecule has 0 saturated heterocycles. The van der Waals surface area contributed by atoms with E-state index in [1.165, 1.54) is 18.2 Å². The van der Waals surface area contributed by atoms with Gasteiger partial charge in [-0.05, 0) is 19.1 Å². The minimum Gasteiger partial charge on any atom is -0.494 e. The molecule has 0 radical (unpaired) electrons. The molecule has 0 heterocycles. The molecule has 0 N–H and O–H groups in total. The molecule has 0 amide bonds.